The van der Waals surface area contributed by atoms with Crippen molar-refractivity contribution in [2.75, 3.05) is 6.54 Å². The SMILES string of the molecule is CCCCCN=C(C)c1ccccn1. The second-order valence-corrected chi connectivity index (χ2v) is 3.39. The number of hydrogen-bond donors (Lipinski definition) is 0. The lowest BCUT2D eigenvalue weighted by atomic mass is 10.2. The standard InChI is InChI=1S/C12H18N2/c1-3-4-6-9-13-11(2)12-8-5-7-10-14-12/h5,7-8,10H,3-4,6,9H2,1-2H3. The zero-order valence-corrected chi connectivity index (χ0v) is 9.03. The third-order valence-corrected chi connectivity index (χ3v) is 2.15. The summed E-state index contributed by atoms with van der Waals surface area (Å²) in [6.07, 6.45) is 5.50. The first-order valence-electron chi connectivity index (χ1n) is 5.27. The second kappa shape index (κ2) is 6.30. The molecule has 76 valence electrons. The van der Waals surface area contributed by atoms with E-state index in [1.54, 1.807) is 6.20 Å². The van der Waals surface area contributed by atoms with Crippen LogP contribution in [0, 0.1) is 0 Å². The second-order valence-electron chi connectivity index (χ2n) is 3.39. The molecule has 0 aliphatic heterocycles. The smallest absolute Gasteiger partial charge is 0.0836 e. The van der Waals surface area contributed by atoms with E-state index in [0.717, 1.165) is 18.0 Å². The van der Waals surface area contributed by atoms with Gasteiger partial charge >= 0.3 is 0 Å². The summed E-state index contributed by atoms with van der Waals surface area (Å²) in [7, 11) is 0. The highest BCUT2D eigenvalue weighted by Gasteiger charge is 1.95. The molecule has 1 aromatic heterocycles. The predicted molar refractivity (Wildman–Crippen MR) is 60.8 cm³/mol. The number of rotatable bonds is 5. The summed E-state index contributed by atoms with van der Waals surface area (Å²) in [6, 6.07) is 5.92. The van der Waals surface area contributed by atoms with Crippen LogP contribution in [-0.4, -0.2) is 17.2 Å². The van der Waals surface area contributed by atoms with Crippen molar-refractivity contribution >= 4 is 5.71 Å². The third kappa shape index (κ3) is 3.69. The van der Waals surface area contributed by atoms with Crippen LogP contribution in [0.15, 0.2) is 29.4 Å². The Morgan fingerprint density at radius 3 is 2.86 bits per heavy atom. The molecule has 0 bridgehead atoms. The fourth-order valence-corrected chi connectivity index (χ4v) is 1.27. The molecule has 0 saturated carbocycles. The molecule has 0 radical (unpaired) electrons. The normalized spacial score (nSPS) is 11.7. The zero-order chi connectivity index (χ0) is 10.2. The Morgan fingerprint density at radius 1 is 1.36 bits per heavy atom. The van der Waals surface area contributed by atoms with Gasteiger partial charge in [0.25, 0.3) is 0 Å². The Bertz CT molecular complexity index is 278. The maximum absolute atomic E-state index is 4.49. The largest absolute Gasteiger partial charge is 0.288 e. The van der Waals surface area contributed by atoms with Crippen molar-refractivity contribution in [3.8, 4) is 0 Å². The zero-order valence-electron chi connectivity index (χ0n) is 9.03. The van der Waals surface area contributed by atoms with Crippen LogP contribution in [0.25, 0.3) is 0 Å². The minimum atomic E-state index is 0.927. The first-order chi connectivity index (χ1) is 6.84. The summed E-state index contributed by atoms with van der Waals surface area (Å²) in [4.78, 5) is 8.73. The summed E-state index contributed by atoms with van der Waals surface area (Å²) in [5.41, 5.74) is 2.03. The Hall–Kier alpha value is -1.18. The molecule has 1 aromatic rings. The van der Waals surface area contributed by atoms with E-state index < -0.39 is 0 Å². The first kappa shape index (κ1) is 10.9. The van der Waals surface area contributed by atoms with E-state index >= 15 is 0 Å². The molecule has 0 atom stereocenters. The van der Waals surface area contributed by atoms with Crippen molar-refractivity contribution in [1.82, 2.24) is 4.98 Å². The lowest BCUT2D eigenvalue weighted by Crippen LogP contribution is -1.98. The Kier molecular flexibility index (Phi) is 4.90. The lowest BCUT2D eigenvalue weighted by molar-refractivity contribution is 0.728. The number of aliphatic imine (C=N–C) groups is 1. The van der Waals surface area contributed by atoms with E-state index in [1.807, 2.05) is 25.1 Å². The van der Waals surface area contributed by atoms with Gasteiger partial charge in [0.1, 0.15) is 0 Å². The van der Waals surface area contributed by atoms with E-state index in [-0.39, 0.29) is 0 Å². The molecular weight excluding hydrogens is 172 g/mol. The van der Waals surface area contributed by atoms with Gasteiger partial charge in [-0.2, -0.15) is 0 Å². The summed E-state index contributed by atoms with van der Waals surface area (Å²) >= 11 is 0. The molecule has 0 aromatic carbocycles. The number of pyridine rings is 1. The van der Waals surface area contributed by atoms with Crippen LogP contribution >= 0.6 is 0 Å². The van der Waals surface area contributed by atoms with Gasteiger partial charge in [-0.1, -0.05) is 25.8 Å². The number of aromatic nitrogens is 1. The van der Waals surface area contributed by atoms with E-state index in [0.29, 0.717) is 0 Å². The molecule has 0 amide bonds. The number of unbranched alkanes of at least 4 members (excludes halogenated alkanes) is 2. The molecule has 0 saturated heterocycles. The van der Waals surface area contributed by atoms with Crippen LogP contribution in [0.1, 0.15) is 38.8 Å². The van der Waals surface area contributed by atoms with E-state index in [2.05, 4.69) is 16.9 Å². The topological polar surface area (TPSA) is 25.2 Å². The van der Waals surface area contributed by atoms with Gasteiger partial charge in [0.2, 0.25) is 0 Å². The minimum absolute atomic E-state index is 0.927. The van der Waals surface area contributed by atoms with Crippen LogP contribution in [0.5, 0.6) is 0 Å². The van der Waals surface area contributed by atoms with Crippen LogP contribution < -0.4 is 0 Å². The molecule has 2 nitrogen and oxygen atoms in total. The van der Waals surface area contributed by atoms with E-state index in [9.17, 15) is 0 Å². The average Bonchev–Trinajstić information content (AvgIpc) is 2.25. The fraction of sp³-hybridized carbons (Fsp3) is 0.500. The number of hydrogen-bond acceptors (Lipinski definition) is 2. The Balaban J connectivity index is 2.44. The minimum Gasteiger partial charge on any atom is -0.288 e. The third-order valence-electron chi connectivity index (χ3n) is 2.15. The van der Waals surface area contributed by atoms with Gasteiger partial charge in [-0.3, -0.25) is 9.98 Å². The van der Waals surface area contributed by atoms with Crippen molar-refractivity contribution in [1.29, 1.82) is 0 Å². The summed E-state index contributed by atoms with van der Waals surface area (Å²) < 4.78 is 0. The highest BCUT2D eigenvalue weighted by molar-refractivity contribution is 5.96. The molecular formula is C12H18N2. The Morgan fingerprint density at radius 2 is 2.21 bits per heavy atom. The average molecular weight is 190 g/mol. The Labute approximate surface area is 86.1 Å². The van der Waals surface area contributed by atoms with Gasteiger partial charge in [-0.15, -0.1) is 0 Å². The maximum Gasteiger partial charge on any atom is 0.0836 e. The molecule has 14 heavy (non-hydrogen) atoms. The van der Waals surface area contributed by atoms with Crippen LogP contribution in [0.2, 0.25) is 0 Å². The van der Waals surface area contributed by atoms with Crippen molar-refractivity contribution in [3.05, 3.63) is 30.1 Å². The van der Waals surface area contributed by atoms with Gasteiger partial charge in [0.15, 0.2) is 0 Å². The molecule has 0 fully saturated rings. The van der Waals surface area contributed by atoms with Crippen LogP contribution in [-0.2, 0) is 0 Å². The molecule has 1 rings (SSSR count). The van der Waals surface area contributed by atoms with Gasteiger partial charge < -0.3 is 0 Å². The molecule has 0 aliphatic carbocycles. The number of nitrogens with zero attached hydrogens (tertiary/aromatic N) is 2. The summed E-state index contributed by atoms with van der Waals surface area (Å²) in [5, 5.41) is 0. The lowest BCUT2D eigenvalue weighted by Gasteiger charge is -1.99. The maximum atomic E-state index is 4.49. The van der Waals surface area contributed by atoms with Crippen molar-refractivity contribution in [2.45, 2.75) is 33.1 Å². The highest BCUT2D eigenvalue weighted by Crippen LogP contribution is 1.99. The molecule has 0 N–H and O–H groups in total. The summed E-state index contributed by atoms with van der Waals surface area (Å²) in [5.74, 6) is 0. The van der Waals surface area contributed by atoms with Gasteiger partial charge in [-0.25, -0.2) is 0 Å². The van der Waals surface area contributed by atoms with Crippen molar-refractivity contribution in [3.63, 3.8) is 0 Å². The molecule has 2 heteroatoms. The van der Waals surface area contributed by atoms with Crippen LogP contribution in [0.3, 0.4) is 0 Å². The van der Waals surface area contributed by atoms with Crippen molar-refractivity contribution < 1.29 is 0 Å². The van der Waals surface area contributed by atoms with Gasteiger partial charge in [0, 0.05) is 12.7 Å². The quantitative estimate of drug-likeness (QED) is 0.517. The molecule has 1 heterocycles. The monoisotopic (exact) mass is 190 g/mol. The highest BCUT2D eigenvalue weighted by atomic mass is 14.8. The first-order valence-corrected chi connectivity index (χ1v) is 5.27. The molecule has 0 unspecified atom stereocenters. The van der Waals surface area contributed by atoms with Crippen LogP contribution in [0.4, 0.5) is 0 Å². The van der Waals surface area contributed by atoms with Crippen molar-refractivity contribution in [2.24, 2.45) is 4.99 Å². The van der Waals surface area contributed by atoms with Gasteiger partial charge in [0.05, 0.1) is 11.4 Å². The predicted octanol–water partition coefficient (Wildman–Crippen LogP) is 3.08. The van der Waals surface area contributed by atoms with Gasteiger partial charge in [-0.05, 0) is 25.5 Å². The fourth-order valence-electron chi connectivity index (χ4n) is 1.27. The van der Waals surface area contributed by atoms with E-state index in [4.69, 9.17) is 0 Å². The summed E-state index contributed by atoms with van der Waals surface area (Å²) in [6.45, 7) is 5.15. The van der Waals surface area contributed by atoms with E-state index in [1.165, 1.54) is 19.3 Å². The molecule has 0 spiro atoms. The molecule has 0 aliphatic rings.